The number of nitrogens with zero attached hydrogens (tertiary/aromatic N) is 4. The zero-order valence-electron chi connectivity index (χ0n) is 11.8. The van der Waals surface area contributed by atoms with Crippen LogP contribution in [0.25, 0.3) is 0 Å². The van der Waals surface area contributed by atoms with Crippen LogP contribution in [0.1, 0.15) is 24.9 Å². The predicted octanol–water partition coefficient (Wildman–Crippen LogP) is 1.35. The monoisotopic (exact) mass is 304 g/mol. The quantitative estimate of drug-likeness (QED) is 0.867. The lowest BCUT2D eigenvalue weighted by Crippen LogP contribution is -2.27. The van der Waals surface area contributed by atoms with E-state index in [1.54, 1.807) is 11.7 Å². The van der Waals surface area contributed by atoms with Crippen LogP contribution in [0.3, 0.4) is 0 Å². The van der Waals surface area contributed by atoms with Crippen molar-refractivity contribution in [2.24, 2.45) is 7.05 Å². The molecule has 21 heavy (non-hydrogen) atoms. The first-order chi connectivity index (χ1) is 10.2. The number of hydrogen-bond donors (Lipinski definition) is 2. The van der Waals surface area contributed by atoms with E-state index < -0.39 is 0 Å². The lowest BCUT2D eigenvalue weighted by atomic mass is 10.1. The van der Waals surface area contributed by atoms with Gasteiger partial charge in [0, 0.05) is 23.2 Å². The maximum absolute atomic E-state index is 12.0. The van der Waals surface area contributed by atoms with Gasteiger partial charge in [0.2, 0.25) is 11.1 Å². The van der Waals surface area contributed by atoms with Gasteiger partial charge in [-0.15, -0.1) is 5.10 Å². The molecule has 0 radical (unpaired) electrons. The molecule has 3 rings (SSSR count). The number of aromatic nitrogens is 4. The molecule has 2 aromatic rings. The van der Waals surface area contributed by atoms with Crippen molar-refractivity contribution >= 4 is 23.4 Å². The SMILES string of the molecule is CCCNC1C(=O)Nc2cc(Sc3nnnn3C)ccc21. The van der Waals surface area contributed by atoms with Crippen LogP contribution in [-0.4, -0.2) is 32.7 Å². The molecule has 7 nitrogen and oxygen atoms in total. The van der Waals surface area contributed by atoms with E-state index in [0.717, 1.165) is 29.1 Å². The van der Waals surface area contributed by atoms with E-state index in [-0.39, 0.29) is 11.9 Å². The maximum Gasteiger partial charge on any atom is 0.246 e. The Morgan fingerprint density at radius 3 is 3.05 bits per heavy atom. The van der Waals surface area contributed by atoms with Gasteiger partial charge in [0.15, 0.2) is 0 Å². The first-order valence-corrected chi connectivity index (χ1v) is 7.59. The lowest BCUT2D eigenvalue weighted by Gasteiger charge is -2.10. The van der Waals surface area contributed by atoms with Crippen molar-refractivity contribution in [3.63, 3.8) is 0 Å². The Morgan fingerprint density at radius 1 is 1.48 bits per heavy atom. The molecule has 1 aromatic heterocycles. The van der Waals surface area contributed by atoms with Gasteiger partial charge in [-0.1, -0.05) is 13.0 Å². The number of fused-ring (bicyclic) bond motifs is 1. The van der Waals surface area contributed by atoms with Crippen LogP contribution in [-0.2, 0) is 11.8 Å². The highest BCUT2D eigenvalue weighted by molar-refractivity contribution is 7.99. The maximum atomic E-state index is 12.0. The van der Waals surface area contributed by atoms with E-state index >= 15 is 0 Å². The van der Waals surface area contributed by atoms with Crippen LogP contribution in [0.2, 0.25) is 0 Å². The number of nitrogens with one attached hydrogen (secondary N) is 2. The zero-order valence-corrected chi connectivity index (χ0v) is 12.6. The van der Waals surface area contributed by atoms with Crippen molar-refractivity contribution in [2.45, 2.75) is 29.4 Å². The van der Waals surface area contributed by atoms with E-state index in [4.69, 9.17) is 0 Å². The van der Waals surface area contributed by atoms with Crippen LogP contribution in [0.4, 0.5) is 5.69 Å². The number of anilines is 1. The van der Waals surface area contributed by atoms with Crippen molar-refractivity contribution in [3.05, 3.63) is 23.8 Å². The molecule has 2 heterocycles. The van der Waals surface area contributed by atoms with E-state index in [0.29, 0.717) is 5.16 Å². The Labute approximate surface area is 126 Å². The van der Waals surface area contributed by atoms with Crippen molar-refractivity contribution in [1.29, 1.82) is 0 Å². The lowest BCUT2D eigenvalue weighted by molar-refractivity contribution is -0.117. The molecule has 0 aliphatic carbocycles. The summed E-state index contributed by atoms with van der Waals surface area (Å²) in [6, 6.07) is 5.67. The molecule has 2 N–H and O–H groups in total. The Morgan fingerprint density at radius 2 is 2.33 bits per heavy atom. The first kappa shape index (κ1) is 14.0. The van der Waals surface area contributed by atoms with Crippen molar-refractivity contribution in [1.82, 2.24) is 25.5 Å². The molecule has 1 atom stereocenters. The molecule has 1 unspecified atom stereocenters. The molecule has 1 amide bonds. The van der Waals surface area contributed by atoms with E-state index in [1.807, 2.05) is 18.2 Å². The molecule has 0 fully saturated rings. The molecule has 0 spiro atoms. The topological polar surface area (TPSA) is 84.7 Å². The number of aryl methyl sites for hydroxylation is 1. The molecule has 110 valence electrons. The Bertz CT molecular complexity index is 670. The smallest absolute Gasteiger partial charge is 0.246 e. The van der Waals surface area contributed by atoms with Crippen LogP contribution < -0.4 is 10.6 Å². The van der Waals surface area contributed by atoms with E-state index in [2.05, 4.69) is 33.1 Å². The summed E-state index contributed by atoms with van der Waals surface area (Å²) < 4.78 is 1.61. The third kappa shape index (κ3) is 2.77. The highest BCUT2D eigenvalue weighted by Crippen LogP contribution is 2.35. The third-order valence-electron chi connectivity index (χ3n) is 3.24. The second-order valence-corrected chi connectivity index (χ2v) is 5.85. The van der Waals surface area contributed by atoms with Crippen molar-refractivity contribution in [2.75, 3.05) is 11.9 Å². The highest BCUT2D eigenvalue weighted by Gasteiger charge is 2.29. The summed E-state index contributed by atoms with van der Waals surface area (Å²) in [5.74, 6) is 0.000856. The number of amides is 1. The minimum absolute atomic E-state index is 0.000856. The van der Waals surface area contributed by atoms with Crippen LogP contribution in [0, 0.1) is 0 Å². The Balaban J connectivity index is 1.81. The summed E-state index contributed by atoms with van der Waals surface area (Å²) in [6.45, 7) is 2.90. The Hall–Kier alpha value is -1.93. The molecule has 0 saturated heterocycles. The molecule has 8 heteroatoms. The second-order valence-electron chi connectivity index (χ2n) is 4.81. The van der Waals surface area contributed by atoms with Crippen LogP contribution in [0.5, 0.6) is 0 Å². The molecule has 0 bridgehead atoms. The van der Waals surface area contributed by atoms with Gasteiger partial charge in [0.1, 0.15) is 6.04 Å². The molecule has 1 aliphatic heterocycles. The first-order valence-electron chi connectivity index (χ1n) is 6.77. The summed E-state index contributed by atoms with van der Waals surface area (Å²) in [4.78, 5) is 13.0. The van der Waals surface area contributed by atoms with Gasteiger partial charge in [-0.25, -0.2) is 4.68 Å². The number of carbonyl (C=O) groups is 1. The van der Waals surface area contributed by atoms with Crippen molar-refractivity contribution in [3.8, 4) is 0 Å². The van der Waals surface area contributed by atoms with Gasteiger partial charge in [-0.2, -0.15) is 0 Å². The number of hydrogen-bond acceptors (Lipinski definition) is 6. The largest absolute Gasteiger partial charge is 0.324 e. The van der Waals surface area contributed by atoms with Gasteiger partial charge in [-0.3, -0.25) is 4.79 Å². The van der Waals surface area contributed by atoms with Crippen LogP contribution >= 0.6 is 11.8 Å². The number of rotatable bonds is 5. The minimum atomic E-state index is -0.254. The molecule has 0 saturated carbocycles. The third-order valence-corrected chi connectivity index (χ3v) is 4.26. The summed E-state index contributed by atoms with van der Waals surface area (Å²) in [6.07, 6.45) is 0.992. The normalized spacial score (nSPS) is 16.9. The van der Waals surface area contributed by atoms with Gasteiger partial charge in [0.05, 0.1) is 0 Å². The fourth-order valence-corrected chi connectivity index (χ4v) is 2.98. The summed E-state index contributed by atoms with van der Waals surface area (Å²) >= 11 is 1.46. The molecular weight excluding hydrogens is 288 g/mol. The average molecular weight is 304 g/mol. The van der Waals surface area contributed by atoms with Gasteiger partial charge >= 0.3 is 0 Å². The Kier molecular flexibility index (Phi) is 3.89. The predicted molar refractivity (Wildman–Crippen MR) is 79.0 cm³/mol. The molecule has 1 aromatic carbocycles. The minimum Gasteiger partial charge on any atom is -0.324 e. The van der Waals surface area contributed by atoms with E-state index in [1.165, 1.54) is 11.8 Å². The second kappa shape index (κ2) is 5.82. The van der Waals surface area contributed by atoms with Crippen LogP contribution in [0.15, 0.2) is 28.3 Å². The van der Waals surface area contributed by atoms with E-state index in [9.17, 15) is 4.79 Å². The fraction of sp³-hybridized carbons (Fsp3) is 0.385. The van der Waals surface area contributed by atoms with Gasteiger partial charge < -0.3 is 10.6 Å². The number of carbonyl (C=O) groups excluding carboxylic acids is 1. The fourth-order valence-electron chi connectivity index (χ4n) is 2.21. The molecular formula is C13H16N6OS. The number of tetrazole rings is 1. The average Bonchev–Trinajstić information content (AvgIpc) is 3.00. The summed E-state index contributed by atoms with van der Waals surface area (Å²) in [5.41, 5.74) is 1.85. The standard InChI is InChI=1S/C13H16N6OS/c1-3-6-14-11-9-5-4-8(7-10(9)15-12(11)20)21-13-16-17-18-19(13)2/h4-5,7,11,14H,3,6H2,1-2H3,(H,15,20). The molecule has 1 aliphatic rings. The summed E-state index contributed by atoms with van der Waals surface area (Å²) in [5, 5.41) is 18.2. The van der Waals surface area contributed by atoms with Gasteiger partial charge in [0.25, 0.3) is 0 Å². The van der Waals surface area contributed by atoms with Crippen molar-refractivity contribution < 1.29 is 4.79 Å². The van der Waals surface area contributed by atoms with Gasteiger partial charge in [-0.05, 0) is 47.3 Å². The zero-order chi connectivity index (χ0) is 14.8. The number of benzene rings is 1. The highest BCUT2D eigenvalue weighted by atomic mass is 32.2. The summed E-state index contributed by atoms with van der Waals surface area (Å²) in [7, 11) is 1.79.